The van der Waals surface area contributed by atoms with Crippen LogP contribution in [0.1, 0.15) is 31.4 Å². The van der Waals surface area contributed by atoms with Crippen molar-refractivity contribution < 1.29 is 33.0 Å². The molecule has 0 spiro atoms. The SMILES string of the molecule is CC(C)(CO)C(O)C(=O)NCCC(=O)C(=O)NCc1ccc(NS(=O)(=O)Cc2ccccc2)cc1. The Morgan fingerprint density at radius 1 is 0.943 bits per heavy atom. The van der Waals surface area contributed by atoms with Gasteiger partial charge in [-0.1, -0.05) is 56.3 Å². The van der Waals surface area contributed by atoms with Crippen molar-refractivity contribution in [2.75, 3.05) is 17.9 Å². The molecule has 0 aliphatic heterocycles. The lowest BCUT2D eigenvalue weighted by Crippen LogP contribution is -2.46. The van der Waals surface area contributed by atoms with E-state index in [0.29, 0.717) is 16.8 Å². The van der Waals surface area contributed by atoms with Gasteiger partial charge in [-0.25, -0.2) is 8.42 Å². The van der Waals surface area contributed by atoms with Crippen molar-refractivity contribution in [2.24, 2.45) is 5.41 Å². The summed E-state index contributed by atoms with van der Waals surface area (Å²) in [5.41, 5.74) is 0.644. The van der Waals surface area contributed by atoms with E-state index in [1.807, 2.05) is 0 Å². The van der Waals surface area contributed by atoms with Crippen LogP contribution in [0.5, 0.6) is 0 Å². The zero-order chi connectivity index (χ0) is 26.1. The molecule has 0 aliphatic carbocycles. The van der Waals surface area contributed by atoms with Crippen molar-refractivity contribution in [3.05, 3.63) is 65.7 Å². The summed E-state index contributed by atoms with van der Waals surface area (Å²) in [4.78, 5) is 35.9. The highest BCUT2D eigenvalue weighted by molar-refractivity contribution is 7.91. The molecule has 0 heterocycles. The van der Waals surface area contributed by atoms with E-state index >= 15 is 0 Å². The first-order valence-corrected chi connectivity index (χ1v) is 12.6. The zero-order valence-corrected chi connectivity index (χ0v) is 20.5. The predicted octanol–water partition coefficient (Wildman–Crippen LogP) is 0.700. The summed E-state index contributed by atoms with van der Waals surface area (Å²) in [6.45, 7) is 2.55. The van der Waals surface area contributed by atoms with Crippen LogP contribution in [-0.2, 0) is 36.7 Å². The number of anilines is 1. The van der Waals surface area contributed by atoms with Crippen LogP contribution < -0.4 is 15.4 Å². The second-order valence-electron chi connectivity index (χ2n) is 8.74. The number of amides is 2. The van der Waals surface area contributed by atoms with Crippen LogP contribution in [-0.4, -0.2) is 55.5 Å². The van der Waals surface area contributed by atoms with Gasteiger partial charge in [0.15, 0.2) is 0 Å². The Hall–Kier alpha value is -3.28. The van der Waals surface area contributed by atoms with Gasteiger partial charge in [-0.05, 0) is 23.3 Å². The molecule has 2 aromatic carbocycles. The van der Waals surface area contributed by atoms with Crippen LogP contribution in [0.3, 0.4) is 0 Å². The monoisotopic (exact) mass is 505 g/mol. The third-order valence-corrected chi connectivity index (χ3v) is 6.44. The lowest BCUT2D eigenvalue weighted by molar-refractivity contribution is -0.139. The second-order valence-corrected chi connectivity index (χ2v) is 10.5. The van der Waals surface area contributed by atoms with E-state index in [0.717, 1.165) is 0 Å². The predicted molar refractivity (Wildman–Crippen MR) is 130 cm³/mol. The van der Waals surface area contributed by atoms with Gasteiger partial charge < -0.3 is 20.8 Å². The smallest absolute Gasteiger partial charge is 0.287 e. The molecule has 0 fully saturated rings. The number of carbonyl (C=O) groups excluding carboxylic acids is 3. The number of rotatable bonds is 13. The molecule has 11 heteroatoms. The number of Topliss-reactive ketones (excluding diaryl/α,β-unsaturated/α-hetero) is 1. The van der Waals surface area contributed by atoms with Crippen LogP contribution in [0.15, 0.2) is 54.6 Å². The summed E-state index contributed by atoms with van der Waals surface area (Å²) in [7, 11) is -3.59. The second kappa shape index (κ2) is 12.4. The van der Waals surface area contributed by atoms with Gasteiger partial charge in [-0.15, -0.1) is 0 Å². The van der Waals surface area contributed by atoms with E-state index in [2.05, 4.69) is 15.4 Å². The number of sulfonamides is 1. The number of hydrogen-bond acceptors (Lipinski definition) is 7. The average molecular weight is 506 g/mol. The average Bonchev–Trinajstić information content (AvgIpc) is 2.82. The molecule has 190 valence electrons. The summed E-state index contributed by atoms with van der Waals surface area (Å²) in [6, 6.07) is 15.1. The zero-order valence-electron chi connectivity index (χ0n) is 19.7. The standard InChI is InChI=1S/C24H31N3O7S/c1-24(2,16-28)21(30)23(32)25-13-12-20(29)22(31)26-14-17-8-10-19(11-9-17)27-35(33,34)15-18-6-4-3-5-7-18/h3-11,21,27-28,30H,12-16H2,1-2H3,(H,25,32)(H,26,31). The van der Waals surface area contributed by atoms with Crippen LogP contribution in [0.2, 0.25) is 0 Å². The van der Waals surface area contributed by atoms with Crippen LogP contribution in [0.25, 0.3) is 0 Å². The number of aliphatic hydroxyl groups excluding tert-OH is 2. The number of carbonyl (C=O) groups is 3. The van der Waals surface area contributed by atoms with Gasteiger partial charge in [0.25, 0.3) is 5.91 Å². The van der Waals surface area contributed by atoms with E-state index in [1.165, 1.54) is 13.8 Å². The largest absolute Gasteiger partial charge is 0.396 e. The first-order chi connectivity index (χ1) is 16.4. The number of benzene rings is 2. The van der Waals surface area contributed by atoms with E-state index in [9.17, 15) is 33.0 Å². The highest BCUT2D eigenvalue weighted by Crippen LogP contribution is 2.19. The highest BCUT2D eigenvalue weighted by Gasteiger charge is 2.32. The Morgan fingerprint density at radius 2 is 1.57 bits per heavy atom. The summed E-state index contributed by atoms with van der Waals surface area (Å²) >= 11 is 0. The first-order valence-electron chi connectivity index (χ1n) is 10.9. The topological polar surface area (TPSA) is 162 Å². The van der Waals surface area contributed by atoms with Crippen LogP contribution >= 0.6 is 0 Å². The lowest BCUT2D eigenvalue weighted by Gasteiger charge is -2.27. The van der Waals surface area contributed by atoms with Gasteiger partial charge in [-0.3, -0.25) is 19.1 Å². The van der Waals surface area contributed by atoms with E-state index in [1.54, 1.807) is 54.6 Å². The molecule has 35 heavy (non-hydrogen) atoms. The van der Waals surface area contributed by atoms with Crippen molar-refractivity contribution >= 4 is 33.3 Å². The minimum atomic E-state index is -3.59. The maximum absolute atomic E-state index is 12.3. The van der Waals surface area contributed by atoms with Gasteiger partial charge in [0.1, 0.15) is 6.10 Å². The summed E-state index contributed by atoms with van der Waals surface area (Å²) in [6.07, 6.45) is -1.71. The van der Waals surface area contributed by atoms with E-state index in [4.69, 9.17) is 0 Å². The molecular weight excluding hydrogens is 474 g/mol. The lowest BCUT2D eigenvalue weighted by atomic mass is 9.87. The summed E-state index contributed by atoms with van der Waals surface area (Å²) in [5.74, 6) is -2.47. The highest BCUT2D eigenvalue weighted by atomic mass is 32.2. The van der Waals surface area contributed by atoms with Crippen molar-refractivity contribution in [3.8, 4) is 0 Å². The van der Waals surface area contributed by atoms with Gasteiger partial charge >= 0.3 is 0 Å². The quantitative estimate of drug-likeness (QED) is 0.250. The molecule has 0 bridgehead atoms. The molecule has 0 saturated carbocycles. The van der Waals surface area contributed by atoms with Crippen molar-refractivity contribution in [1.29, 1.82) is 0 Å². The number of nitrogens with one attached hydrogen (secondary N) is 3. The van der Waals surface area contributed by atoms with Gasteiger partial charge in [0.05, 0.1) is 12.4 Å². The molecule has 0 radical (unpaired) electrons. The molecule has 1 atom stereocenters. The van der Waals surface area contributed by atoms with Crippen molar-refractivity contribution in [2.45, 2.75) is 38.7 Å². The van der Waals surface area contributed by atoms with Gasteiger partial charge in [-0.2, -0.15) is 0 Å². The Morgan fingerprint density at radius 3 is 2.17 bits per heavy atom. The molecule has 0 aliphatic rings. The summed E-state index contributed by atoms with van der Waals surface area (Å²) < 4.78 is 27.1. The minimum Gasteiger partial charge on any atom is -0.396 e. The Bertz CT molecular complexity index is 1120. The van der Waals surface area contributed by atoms with Gasteiger partial charge in [0.2, 0.25) is 21.7 Å². The normalized spacial score (nSPS) is 12.5. The van der Waals surface area contributed by atoms with Crippen LogP contribution in [0, 0.1) is 5.41 Å². The fourth-order valence-electron chi connectivity index (χ4n) is 2.93. The van der Waals surface area contributed by atoms with E-state index in [-0.39, 0.29) is 25.3 Å². The molecule has 2 amide bonds. The maximum Gasteiger partial charge on any atom is 0.287 e. The van der Waals surface area contributed by atoms with Gasteiger partial charge in [0, 0.05) is 30.6 Å². The first kappa shape index (κ1) is 28.0. The van der Waals surface area contributed by atoms with E-state index < -0.39 is 45.7 Å². The minimum absolute atomic E-state index is 0.0530. The molecule has 2 aromatic rings. The third-order valence-electron chi connectivity index (χ3n) is 5.18. The Labute approximate surface area is 204 Å². The number of aliphatic hydroxyl groups is 2. The molecule has 5 N–H and O–H groups in total. The molecule has 10 nitrogen and oxygen atoms in total. The fourth-order valence-corrected chi connectivity index (χ4v) is 4.13. The number of hydrogen-bond donors (Lipinski definition) is 5. The van der Waals surface area contributed by atoms with Crippen molar-refractivity contribution in [3.63, 3.8) is 0 Å². The summed E-state index contributed by atoms with van der Waals surface area (Å²) in [5, 5.41) is 23.9. The number of ketones is 1. The van der Waals surface area contributed by atoms with Crippen LogP contribution in [0.4, 0.5) is 5.69 Å². The molecule has 0 saturated heterocycles. The maximum atomic E-state index is 12.3. The Kier molecular flexibility index (Phi) is 9.93. The third kappa shape index (κ3) is 9.12. The fraction of sp³-hybridized carbons (Fsp3) is 0.375. The molecule has 1 unspecified atom stereocenters. The molecular formula is C24H31N3O7S. The Balaban J connectivity index is 1.77. The van der Waals surface area contributed by atoms with Crippen molar-refractivity contribution in [1.82, 2.24) is 10.6 Å². The molecule has 2 rings (SSSR count). The molecule has 0 aromatic heterocycles.